The lowest BCUT2D eigenvalue weighted by atomic mass is 9.96. The summed E-state index contributed by atoms with van der Waals surface area (Å²) in [5.74, 6) is 1.20. The molecule has 5 unspecified atom stereocenters. The molecule has 2 amide bonds. The summed E-state index contributed by atoms with van der Waals surface area (Å²) < 4.78 is 30.4. The van der Waals surface area contributed by atoms with Crippen molar-refractivity contribution in [3.63, 3.8) is 0 Å². The summed E-state index contributed by atoms with van der Waals surface area (Å²) in [6, 6.07) is 10.9. The predicted molar refractivity (Wildman–Crippen MR) is 230 cm³/mol. The van der Waals surface area contributed by atoms with Crippen molar-refractivity contribution in [2.75, 3.05) is 20.2 Å². The van der Waals surface area contributed by atoms with Crippen molar-refractivity contribution in [3.05, 3.63) is 75.9 Å². The van der Waals surface area contributed by atoms with Gasteiger partial charge in [0.2, 0.25) is 12.1 Å². The SMILES string of the molecule is CCCCC(CCC)c1ncc(-c2ccc3c(c2)cc2n3C(c3cnc(CC)s3)Oc3cc(C4=NC(C5CCCN5C(=O)C(NC(=O)OC)C(C)C)NC4)cc(F)c3-2)[nH]1. The molecular weight excluding hydrogens is 768 g/mol. The number of nitrogens with one attached hydrogen (secondary N) is 3. The van der Waals surface area contributed by atoms with Crippen LogP contribution in [0.2, 0.25) is 0 Å². The second kappa shape index (κ2) is 17.3. The maximum atomic E-state index is 16.7. The highest BCUT2D eigenvalue weighted by molar-refractivity contribution is 7.11. The summed E-state index contributed by atoms with van der Waals surface area (Å²) in [7, 11) is 1.29. The number of ether oxygens (including phenoxy) is 2. The van der Waals surface area contributed by atoms with E-state index >= 15 is 4.39 Å². The van der Waals surface area contributed by atoms with Crippen LogP contribution in [-0.2, 0) is 16.0 Å². The number of H-pyrrole nitrogens is 1. The number of hydrogen-bond donors (Lipinski definition) is 3. The molecule has 3 aromatic heterocycles. The van der Waals surface area contributed by atoms with Crippen molar-refractivity contribution >= 4 is 40.0 Å². The third kappa shape index (κ3) is 7.88. The molecule has 5 aromatic rings. The minimum Gasteiger partial charge on any atom is -0.464 e. The van der Waals surface area contributed by atoms with E-state index in [0.717, 1.165) is 88.5 Å². The first-order chi connectivity index (χ1) is 28.6. The molecule has 1 fully saturated rings. The van der Waals surface area contributed by atoms with E-state index in [1.807, 2.05) is 37.2 Å². The van der Waals surface area contributed by atoms with Gasteiger partial charge < -0.3 is 24.7 Å². The van der Waals surface area contributed by atoms with Crippen molar-refractivity contribution in [2.45, 2.75) is 116 Å². The third-order valence-electron chi connectivity index (χ3n) is 12.0. The summed E-state index contributed by atoms with van der Waals surface area (Å²) in [6.07, 6.45) is 10.3. The number of benzene rings is 2. The van der Waals surface area contributed by atoms with E-state index in [-0.39, 0.29) is 24.0 Å². The van der Waals surface area contributed by atoms with Gasteiger partial charge in [-0.2, -0.15) is 0 Å². The van der Waals surface area contributed by atoms with Crippen molar-refractivity contribution in [1.29, 1.82) is 0 Å². The average molecular weight is 823 g/mol. The fourth-order valence-electron chi connectivity index (χ4n) is 8.94. The normalized spacial score (nSPS) is 19.7. The molecule has 0 aliphatic carbocycles. The Hall–Kier alpha value is -5.08. The highest BCUT2D eigenvalue weighted by Crippen LogP contribution is 2.47. The number of carbonyl (C=O) groups is 2. The molecule has 6 heterocycles. The number of fused-ring (bicyclic) bond motifs is 5. The number of unbranched alkanes of at least 4 members (excludes halogenated alkanes) is 1. The van der Waals surface area contributed by atoms with E-state index < -0.39 is 24.2 Å². The van der Waals surface area contributed by atoms with Gasteiger partial charge in [0.25, 0.3) is 0 Å². The summed E-state index contributed by atoms with van der Waals surface area (Å²) in [5.41, 5.74) is 5.38. The van der Waals surface area contributed by atoms with Crippen LogP contribution >= 0.6 is 11.3 Å². The van der Waals surface area contributed by atoms with Gasteiger partial charge in [0, 0.05) is 41.7 Å². The van der Waals surface area contributed by atoms with Crippen LogP contribution in [-0.4, -0.2) is 80.6 Å². The topological polar surface area (TPSA) is 139 Å². The number of aliphatic imine (C=N–C) groups is 1. The smallest absolute Gasteiger partial charge is 0.407 e. The van der Waals surface area contributed by atoms with E-state index in [0.29, 0.717) is 41.6 Å². The Morgan fingerprint density at radius 3 is 2.66 bits per heavy atom. The molecular formula is C45H55FN8O4S. The number of carbonyl (C=O) groups excluding carboxylic acids is 2. The van der Waals surface area contributed by atoms with Crippen molar-refractivity contribution < 1.29 is 23.5 Å². The first-order valence-corrected chi connectivity index (χ1v) is 22.0. The average Bonchev–Trinajstić information content (AvgIpc) is 4.09. The zero-order valence-corrected chi connectivity index (χ0v) is 35.6. The van der Waals surface area contributed by atoms with Crippen molar-refractivity contribution in [2.24, 2.45) is 10.9 Å². The number of alkyl carbamates (subject to hydrolysis) is 1. The number of hydrogen-bond acceptors (Lipinski definition) is 9. The predicted octanol–water partition coefficient (Wildman–Crippen LogP) is 8.96. The number of aromatic amines is 1. The van der Waals surface area contributed by atoms with Gasteiger partial charge in [-0.25, -0.2) is 19.2 Å². The number of likely N-dealkylation sites (tertiary alicyclic amines) is 1. The molecule has 3 N–H and O–H groups in total. The summed E-state index contributed by atoms with van der Waals surface area (Å²) in [4.78, 5) is 46.8. The van der Waals surface area contributed by atoms with Gasteiger partial charge in [-0.1, -0.05) is 59.9 Å². The Morgan fingerprint density at radius 2 is 1.92 bits per heavy atom. The number of nitrogens with zero attached hydrogens (tertiary/aromatic N) is 5. The number of halogens is 1. The van der Waals surface area contributed by atoms with Crippen molar-refractivity contribution in [3.8, 4) is 28.3 Å². The molecule has 12 nitrogen and oxygen atoms in total. The van der Waals surface area contributed by atoms with Crippen LogP contribution in [0.15, 0.2) is 53.8 Å². The highest BCUT2D eigenvalue weighted by atomic mass is 32.1. The monoisotopic (exact) mass is 822 g/mol. The molecule has 1 saturated heterocycles. The Morgan fingerprint density at radius 1 is 1.07 bits per heavy atom. The number of amides is 2. The number of thiazole rings is 1. The van der Waals surface area contributed by atoms with Gasteiger partial charge in [0.1, 0.15) is 29.6 Å². The number of aromatic nitrogens is 4. The zero-order chi connectivity index (χ0) is 41.4. The van der Waals surface area contributed by atoms with Crippen LogP contribution < -0.4 is 15.4 Å². The zero-order valence-electron chi connectivity index (χ0n) is 34.8. The Labute approximate surface area is 349 Å². The van der Waals surface area contributed by atoms with Crippen LogP contribution in [0.3, 0.4) is 0 Å². The van der Waals surface area contributed by atoms with Crippen LogP contribution in [0.25, 0.3) is 33.4 Å². The molecule has 14 heteroatoms. The lowest BCUT2D eigenvalue weighted by Crippen LogP contribution is -2.55. The van der Waals surface area contributed by atoms with Gasteiger partial charge in [0.05, 0.1) is 57.4 Å². The lowest BCUT2D eigenvalue weighted by molar-refractivity contribution is -0.135. The minimum atomic E-state index is -0.723. The maximum absolute atomic E-state index is 16.7. The second-order valence-electron chi connectivity index (χ2n) is 16.3. The highest BCUT2D eigenvalue weighted by Gasteiger charge is 2.41. The van der Waals surface area contributed by atoms with Crippen LogP contribution in [0.4, 0.5) is 9.18 Å². The van der Waals surface area contributed by atoms with E-state index in [4.69, 9.17) is 19.5 Å². The van der Waals surface area contributed by atoms with Crippen LogP contribution in [0.5, 0.6) is 5.75 Å². The van der Waals surface area contributed by atoms with Gasteiger partial charge in [-0.3, -0.25) is 19.7 Å². The van der Waals surface area contributed by atoms with Gasteiger partial charge in [-0.15, -0.1) is 11.3 Å². The van der Waals surface area contributed by atoms with Gasteiger partial charge >= 0.3 is 6.09 Å². The molecule has 312 valence electrons. The summed E-state index contributed by atoms with van der Waals surface area (Å²) >= 11 is 1.60. The van der Waals surface area contributed by atoms with E-state index in [1.54, 1.807) is 17.4 Å². The molecule has 5 atom stereocenters. The summed E-state index contributed by atoms with van der Waals surface area (Å²) in [5, 5.41) is 8.16. The number of methoxy groups -OCH3 is 1. The first-order valence-electron chi connectivity index (χ1n) is 21.2. The molecule has 59 heavy (non-hydrogen) atoms. The quantitative estimate of drug-likeness (QED) is 0.102. The fourth-order valence-corrected chi connectivity index (χ4v) is 9.82. The second-order valence-corrected chi connectivity index (χ2v) is 17.4. The molecule has 3 aliphatic rings. The first kappa shape index (κ1) is 40.7. The number of imidazole rings is 1. The van der Waals surface area contributed by atoms with Crippen LogP contribution in [0.1, 0.15) is 113 Å². The van der Waals surface area contributed by atoms with E-state index in [2.05, 4.69) is 70.2 Å². The molecule has 3 aliphatic heterocycles. The standard InChI is InChI=1S/C45H55FN8O4S/c1-7-10-13-26(12-8-2)41-48-22-31(50-41)27-15-16-33-29(18-27)20-35-39-30(46)19-28(21-36(39)58-44(54(33)35)37-24-47-38(9-3)59-37)32-23-49-42(51-32)34-14-11-17-53(34)43(55)40(25(4)5)52-45(56)57-6/h15-16,18-22,24-26,34,40,42,44,49H,7-14,17,23H2,1-6H3,(H,48,50)(H,52,56). The number of rotatable bonds is 14. The molecule has 0 radical (unpaired) electrons. The van der Waals surface area contributed by atoms with E-state index in [1.165, 1.54) is 13.5 Å². The third-order valence-corrected chi connectivity index (χ3v) is 13.2. The Balaban J connectivity index is 1.12. The molecule has 2 aromatic carbocycles. The molecule has 8 rings (SSSR count). The molecule has 0 saturated carbocycles. The van der Waals surface area contributed by atoms with Gasteiger partial charge in [-0.05, 0) is 68.4 Å². The fraction of sp³-hybridized carbons (Fsp3) is 0.489. The molecule has 0 bridgehead atoms. The number of aryl methyl sites for hydroxylation is 1. The summed E-state index contributed by atoms with van der Waals surface area (Å²) in [6.45, 7) is 11.3. The molecule has 0 spiro atoms. The minimum absolute atomic E-state index is 0.136. The Bertz CT molecular complexity index is 2370. The van der Waals surface area contributed by atoms with E-state index in [9.17, 15) is 9.59 Å². The van der Waals surface area contributed by atoms with Gasteiger partial charge in [0.15, 0.2) is 0 Å². The largest absolute Gasteiger partial charge is 0.464 e. The van der Waals surface area contributed by atoms with Crippen LogP contribution in [0, 0.1) is 11.7 Å². The van der Waals surface area contributed by atoms with Crippen molar-refractivity contribution in [1.82, 2.24) is 35.1 Å². The maximum Gasteiger partial charge on any atom is 0.407 e. The Kier molecular flexibility index (Phi) is 11.9. The lowest BCUT2D eigenvalue weighted by Gasteiger charge is -2.32.